The number of aliphatic hydroxyl groups excluding tert-OH is 1. The number of aliphatic hydroxyl groups is 1. The van der Waals surface area contributed by atoms with Crippen LogP contribution in [-0.2, 0) is 4.79 Å². The molecule has 2 unspecified atom stereocenters. The van der Waals surface area contributed by atoms with Crippen molar-refractivity contribution in [2.24, 2.45) is 5.73 Å². The van der Waals surface area contributed by atoms with Crippen molar-refractivity contribution in [3.63, 3.8) is 0 Å². The minimum absolute atomic E-state index is 0.121. The first-order valence-corrected chi connectivity index (χ1v) is 6.58. The van der Waals surface area contributed by atoms with Crippen molar-refractivity contribution in [3.05, 3.63) is 77.4 Å². The zero-order chi connectivity index (χ0) is 15.2. The zero-order valence-corrected chi connectivity index (χ0v) is 11.4. The summed E-state index contributed by atoms with van der Waals surface area (Å²) in [6.45, 7) is 0. The van der Waals surface area contributed by atoms with Crippen molar-refractivity contribution < 1.29 is 15.0 Å². The molecule has 2 atom stereocenters. The molecule has 2 aromatic carbocycles. The molecule has 21 heavy (non-hydrogen) atoms. The van der Waals surface area contributed by atoms with E-state index in [4.69, 9.17) is 15.9 Å². The van der Waals surface area contributed by atoms with Crippen molar-refractivity contribution >= 4 is 12.0 Å². The number of hydrogen-bond donors (Lipinski definition) is 3. The standard InChI is InChI=1S/C9H9N.C8H8O3/c10-9-6-5-7-3-1-2-4-8(7)9;9-7(8(10)11)6-4-2-1-3-5-6/h1-6,9H,10H2;1-5,7,9H,(H,10,11). The highest BCUT2D eigenvalue weighted by molar-refractivity contribution is 5.73. The molecule has 0 saturated heterocycles. The van der Waals surface area contributed by atoms with E-state index >= 15 is 0 Å². The molecule has 0 amide bonds. The summed E-state index contributed by atoms with van der Waals surface area (Å²) in [6.07, 6.45) is 2.68. The first-order chi connectivity index (χ1) is 10.1. The SMILES string of the molecule is NC1C=Cc2ccccc21.O=C(O)C(O)c1ccccc1. The Kier molecular flexibility index (Phi) is 4.87. The molecule has 0 aliphatic heterocycles. The van der Waals surface area contributed by atoms with Crippen LogP contribution in [0.4, 0.5) is 0 Å². The molecule has 0 radical (unpaired) electrons. The van der Waals surface area contributed by atoms with E-state index in [1.165, 1.54) is 11.1 Å². The molecule has 0 spiro atoms. The smallest absolute Gasteiger partial charge is 0.337 e. The van der Waals surface area contributed by atoms with Crippen LogP contribution < -0.4 is 5.73 Å². The van der Waals surface area contributed by atoms with E-state index in [-0.39, 0.29) is 6.04 Å². The lowest BCUT2D eigenvalue weighted by Crippen LogP contribution is -2.09. The molecule has 0 aromatic heterocycles. The van der Waals surface area contributed by atoms with E-state index in [1.54, 1.807) is 30.3 Å². The average molecular weight is 283 g/mol. The third-order valence-electron chi connectivity index (χ3n) is 3.19. The van der Waals surface area contributed by atoms with Crippen LogP contribution in [-0.4, -0.2) is 16.2 Å². The Morgan fingerprint density at radius 2 is 1.67 bits per heavy atom. The number of carboxylic acid groups (broad SMARTS) is 1. The number of aliphatic carboxylic acids is 1. The van der Waals surface area contributed by atoms with Gasteiger partial charge in [0.05, 0.1) is 0 Å². The molecule has 1 aliphatic carbocycles. The van der Waals surface area contributed by atoms with E-state index in [2.05, 4.69) is 18.2 Å². The van der Waals surface area contributed by atoms with E-state index in [1.807, 2.05) is 18.2 Å². The minimum Gasteiger partial charge on any atom is -0.479 e. The molecule has 4 N–H and O–H groups in total. The molecule has 4 heteroatoms. The predicted octanol–water partition coefficient (Wildman–Crippen LogP) is 2.52. The number of benzene rings is 2. The first kappa shape index (κ1) is 15.0. The Labute approximate surface area is 123 Å². The number of carbonyl (C=O) groups is 1. The summed E-state index contributed by atoms with van der Waals surface area (Å²) in [4.78, 5) is 10.2. The Balaban J connectivity index is 0.000000154. The quantitative estimate of drug-likeness (QED) is 0.790. The predicted molar refractivity (Wildman–Crippen MR) is 81.4 cm³/mol. The Morgan fingerprint density at radius 3 is 2.29 bits per heavy atom. The van der Waals surface area contributed by atoms with Gasteiger partial charge in [-0.3, -0.25) is 0 Å². The van der Waals surface area contributed by atoms with Gasteiger partial charge >= 0.3 is 5.97 Å². The molecule has 1 aliphatic rings. The second-order valence-electron chi connectivity index (χ2n) is 4.67. The van der Waals surface area contributed by atoms with Gasteiger partial charge in [-0.15, -0.1) is 0 Å². The van der Waals surface area contributed by atoms with Gasteiger partial charge in [-0.2, -0.15) is 0 Å². The summed E-state index contributed by atoms with van der Waals surface area (Å²) >= 11 is 0. The lowest BCUT2D eigenvalue weighted by molar-refractivity contribution is -0.146. The highest BCUT2D eigenvalue weighted by Crippen LogP contribution is 2.24. The maximum atomic E-state index is 10.2. The fourth-order valence-corrected chi connectivity index (χ4v) is 2.06. The maximum absolute atomic E-state index is 10.2. The van der Waals surface area contributed by atoms with Gasteiger partial charge in [-0.25, -0.2) is 4.79 Å². The molecule has 0 fully saturated rings. The summed E-state index contributed by atoms with van der Waals surface area (Å²) in [7, 11) is 0. The van der Waals surface area contributed by atoms with Gasteiger partial charge in [-0.1, -0.05) is 66.7 Å². The first-order valence-electron chi connectivity index (χ1n) is 6.58. The van der Waals surface area contributed by atoms with Gasteiger partial charge in [-0.05, 0) is 16.7 Å². The minimum atomic E-state index is -1.41. The van der Waals surface area contributed by atoms with Crippen LogP contribution in [0.1, 0.15) is 28.8 Å². The third kappa shape index (κ3) is 3.78. The molecule has 108 valence electrons. The van der Waals surface area contributed by atoms with E-state index < -0.39 is 12.1 Å². The number of rotatable bonds is 2. The second kappa shape index (κ2) is 6.83. The Morgan fingerprint density at radius 1 is 1.05 bits per heavy atom. The third-order valence-corrected chi connectivity index (χ3v) is 3.19. The molecule has 2 aromatic rings. The van der Waals surface area contributed by atoms with E-state index in [0.29, 0.717) is 5.56 Å². The lowest BCUT2D eigenvalue weighted by atomic mass is 10.1. The topological polar surface area (TPSA) is 83.6 Å². The van der Waals surface area contributed by atoms with Crippen LogP contribution in [0.5, 0.6) is 0 Å². The molecule has 3 rings (SSSR count). The largest absolute Gasteiger partial charge is 0.479 e. The number of hydrogen-bond acceptors (Lipinski definition) is 3. The lowest BCUT2D eigenvalue weighted by Gasteiger charge is -2.03. The van der Waals surface area contributed by atoms with Crippen LogP contribution in [0, 0.1) is 0 Å². The summed E-state index contributed by atoms with van der Waals surface area (Å²) < 4.78 is 0. The molecule has 4 nitrogen and oxygen atoms in total. The molecular weight excluding hydrogens is 266 g/mol. The number of fused-ring (bicyclic) bond motifs is 1. The van der Waals surface area contributed by atoms with Crippen molar-refractivity contribution in [1.29, 1.82) is 0 Å². The van der Waals surface area contributed by atoms with Crippen LogP contribution in [0.2, 0.25) is 0 Å². The summed E-state index contributed by atoms with van der Waals surface area (Å²) in [5.74, 6) is -1.23. The fourth-order valence-electron chi connectivity index (χ4n) is 2.06. The van der Waals surface area contributed by atoms with Crippen molar-refractivity contribution in [1.82, 2.24) is 0 Å². The maximum Gasteiger partial charge on any atom is 0.337 e. The number of carboxylic acids is 1. The molecular formula is C17H17NO3. The van der Waals surface area contributed by atoms with E-state index in [9.17, 15) is 4.79 Å². The van der Waals surface area contributed by atoms with Crippen molar-refractivity contribution in [2.75, 3.05) is 0 Å². The zero-order valence-electron chi connectivity index (χ0n) is 11.4. The van der Waals surface area contributed by atoms with Gasteiger partial charge in [0.25, 0.3) is 0 Å². The molecule has 0 saturated carbocycles. The molecule has 0 heterocycles. The summed E-state index contributed by atoms with van der Waals surface area (Å²) in [5, 5.41) is 17.4. The molecule has 0 bridgehead atoms. The number of nitrogens with two attached hydrogens (primary N) is 1. The van der Waals surface area contributed by atoms with Crippen LogP contribution in [0.25, 0.3) is 6.08 Å². The second-order valence-corrected chi connectivity index (χ2v) is 4.67. The van der Waals surface area contributed by atoms with Gasteiger partial charge in [0.1, 0.15) is 0 Å². The van der Waals surface area contributed by atoms with Crippen molar-refractivity contribution in [3.8, 4) is 0 Å². The van der Waals surface area contributed by atoms with E-state index in [0.717, 1.165) is 0 Å². The van der Waals surface area contributed by atoms with Gasteiger partial charge in [0.2, 0.25) is 0 Å². The Bertz CT molecular complexity index is 637. The summed E-state index contributed by atoms with van der Waals surface area (Å²) in [6, 6.07) is 16.6. The normalized spacial score (nSPS) is 16.6. The fraction of sp³-hybridized carbons (Fsp3) is 0.118. The van der Waals surface area contributed by atoms with Gasteiger partial charge < -0.3 is 15.9 Å². The monoisotopic (exact) mass is 283 g/mol. The summed E-state index contributed by atoms with van der Waals surface area (Å²) in [5.41, 5.74) is 8.66. The van der Waals surface area contributed by atoms with Gasteiger partial charge in [0.15, 0.2) is 6.10 Å². The van der Waals surface area contributed by atoms with Crippen LogP contribution in [0.3, 0.4) is 0 Å². The Hall–Kier alpha value is -2.43. The van der Waals surface area contributed by atoms with Gasteiger partial charge in [0, 0.05) is 6.04 Å². The van der Waals surface area contributed by atoms with Crippen LogP contribution in [0.15, 0.2) is 60.7 Å². The highest BCUT2D eigenvalue weighted by atomic mass is 16.4. The average Bonchev–Trinajstić information content (AvgIpc) is 2.90. The highest BCUT2D eigenvalue weighted by Gasteiger charge is 2.14. The van der Waals surface area contributed by atoms with Crippen molar-refractivity contribution in [2.45, 2.75) is 12.1 Å². The van der Waals surface area contributed by atoms with Crippen LogP contribution >= 0.6 is 0 Å².